The van der Waals surface area contributed by atoms with Gasteiger partial charge in [0.05, 0.1) is 21.2 Å². The fraction of sp³-hybridized carbons (Fsp3) is 0.125. The Bertz CT molecular complexity index is 1150. The molecule has 4 rings (SSSR count). The Morgan fingerprint density at radius 1 is 0.903 bits per heavy atom. The van der Waals surface area contributed by atoms with Crippen LogP contribution in [0, 0.1) is 6.92 Å². The number of imide groups is 1. The highest BCUT2D eigenvalue weighted by Crippen LogP contribution is 2.33. The molecule has 0 radical (unpaired) electrons. The number of fused-ring (bicyclic) bond motifs is 1. The van der Waals surface area contributed by atoms with E-state index in [-0.39, 0.29) is 27.6 Å². The molecule has 3 amide bonds. The molecule has 31 heavy (non-hydrogen) atoms. The van der Waals surface area contributed by atoms with Gasteiger partial charge in [-0.1, -0.05) is 65.7 Å². The molecule has 0 spiro atoms. The van der Waals surface area contributed by atoms with Crippen molar-refractivity contribution in [3.8, 4) is 0 Å². The second kappa shape index (κ2) is 8.53. The Balaban J connectivity index is 1.71. The molecule has 3 aromatic rings. The molecule has 1 heterocycles. The van der Waals surface area contributed by atoms with E-state index in [9.17, 15) is 14.4 Å². The molecule has 3 aromatic carbocycles. The highest BCUT2D eigenvalue weighted by molar-refractivity contribution is 6.43. The Kier molecular flexibility index (Phi) is 5.81. The fourth-order valence-electron chi connectivity index (χ4n) is 3.62. The van der Waals surface area contributed by atoms with Gasteiger partial charge < -0.3 is 5.32 Å². The van der Waals surface area contributed by atoms with Crippen molar-refractivity contribution in [2.24, 2.45) is 0 Å². The van der Waals surface area contributed by atoms with Crippen LogP contribution in [0.4, 0.5) is 5.69 Å². The predicted octanol–water partition coefficient (Wildman–Crippen LogP) is 5.15. The molecule has 1 N–H and O–H groups in total. The van der Waals surface area contributed by atoms with E-state index in [1.54, 1.807) is 6.07 Å². The zero-order valence-electron chi connectivity index (χ0n) is 16.6. The van der Waals surface area contributed by atoms with E-state index in [4.69, 9.17) is 23.2 Å². The van der Waals surface area contributed by atoms with E-state index in [1.807, 2.05) is 55.5 Å². The average molecular weight is 453 g/mol. The van der Waals surface area contributed by atoms with Crippen LogP contribution in [0.2, 0.25) is 10.0 Å². The van der Waals surface area contributed by atoms with Crippen molar-refractivity contribution in [2.75, 3.05) is 5.32 Å². The summed E-state index contributed by atoms with van der Waals surface area (Å²) < 4.78 is 0. The summed E-state index contributed by atoms with van der Waals surface area (Å²) in [6.45, 7) is 1.91. The van der Waals surface area contributed by atoms with Gasteiger partial charge in [0.1, 0.15) is 6.04 Å². The smallest absolute Gasteiger partial charge is 0.262 e. The molecule has 156 valence electrons. The molecular weight excluding hydrogens is 435 g/mol. The lowest BCUT2D eigenvalue weighted by Gasteiger charge is -2.25. The van der Waals surface area contributed by atoms with E-state index in [1.165, 1.54) is 12.1 Å². The molecule has 1 atom stereocenters. The summed E-state index contributed by atoms with van der Waals surface area (Å²) in [5.41, 5.74) is 2.66. The van der Waals surface area contributed by atoms with Gasteiger partial charge in [-0.15, -0.1) is 0 Å². The maximum Gasteiger partial charge on any atom is 0.262 e. The van der Waals surface area contributed by atoms with Gasteiger partial charge in [0, 0.05) is 12.1 Å². The summed E-state index contributed by atoms with van der Waals surface area (Å²) in [7, 11) is 0. The first-order valence-corrected chi connectivity index (χ1v) is 10.4. The molecule has 0 unspecified atom stereocenters. The Labute approximate surface area is 189 Å². The molecular formula is C24H18Cl2N2O3. The van der Waals surface area contributed by atoms with Gasteiger partial charge in [0.25, 0.3) is 11.8 Å². The van der Waals surface area contributed by atoms with Gasteiger partial charge in [-0.3, -0.25) is 19.3 Å². The maximum absolute atomic E-state index is 13.3. The van der Waals surface area contributed by atoms with E-state index in [0.717, 1.165) is 16.0 Å². The van der Waals surface area contributed by atoms with Crippen molar-refractivity contribution < 1.29 is 14.4 Å². The lowest BCUT2D eigenvalue weighted by molar-refractivity contribution is -0.119. The van der Waals surface area contributed by atoms with Crippen LogP contribution in [0.5, 0.6) is 0 Å². The van der Waals surface area contributed by atoms with Crippen molar-refractivity contribution in [2.45, 2.75) is 19.4 Å². The number of aryl methyl sites for hydroxylation is 1. The zero-order chi connectivity index (χ0) is 22.1. The topological polar surface area (TPSA) is 66.5 Å². The Morgan fingerprint density at radius 2 is 1.52 bits per heavy atom. The number of hydrogen-bond donors (Lipinski definition) is 1. The van der Waals surface area contributed by atoms with E-state index >= 15 is 0 Å². The zero-order valence-corrected chi connectivity index (χ0v) is 18.1. The number of carbonyl (C=O) groups is 3. The van der Waals surface area contributed by atoms with Crippen LogP contribution < -0.4 is 5.32 Å². The van der Waals surface area contributed by atoms with E-state index < -0.39 is 23.8 Å². The number of halogens is 2. The third kappa shape index (κ3) is 4.20. The first-order chi connectivity index (χ1) is 14.8. The molecule has 1 aliphatic heterocycles. The van der Waals surface area contributed by atoms with Crippen molar-refractivity contribution in [1.29, 1.82) is 0 Å². The summed E-state index contributed by atoms with van der Waals surface area (Å²) >= 11 is 12.1. The molecule has 0 saturated heterocycles. The number of rotatable bonds is 5. The monoisotopic (exact) mass is 452 g/mol. The first kappa shape index (κ1) is 21.1. The highest BCUT2D eigenvalue weighted by atomic mass is 35.5. The van der Waals surface area contributed by atoms with E-state index in [0.29, 0.717) is 5.69 Å². The number of hydrogen-bond acceptors (Lipinski definition) is 3. The standard InChI is InChI=1S/C24H18Cl2N2O3/c1-14-6-5-9-16(10-14)27-22(29)21(11-15-7-3-2-4-8-15)28-23(30)17-12-19(25)20(26)13-18(17)24(28)31/h2-10,12-13,21H,11H2,1H3,(H,27,29)/t21-/m1/s1. The highest BCUT2D eigenvalue weighted by Gasteiger charge is 2.43. The van der Waals surface area contributed by atoms with Gasteiger partial charge in [-0.05, 0) is 42.3 Å². The molecule has 7 heteroatoms. The van der Waals surface area contributed by atoms with Gasteiger partial charge in [-0.2, -0.15) is 0 Å². The Morgan fingerprint density at radius 3 is 2.10 bits per heavy atom. The summed E-state index contributed by atoms with van der Waals surface area (Å²) in [6, 6.07) is 18.2. The van der Waals surface area contributed by atoms with Crippen molar-refractivity contribution in [3.63, 3.8) is 0 Å². The summed E-state index contributed by atoms with van der Waals surface area (Å²) in [5.74, 6) is -1.60. The molecule has 5 nitrogen and oxygen atoms in total. The number of benzene rings is 3. The third-order valence-electron chi connectivity index (χ3n) is 5.13. The minimum Gasteiger partial charge on any atom is -0.324 e. The maximum atomic E-state index is 13.3. The lowest BCUT2D eigenvalue weighted by atomic mass is 10.0. The second-order valence-corrected chi connectivity index (χ2v) is 8.17. The van der Waals surface area contributed by atoms with Crippen molar-refractivity contribution in [3.05, 3.63) is 99.0 Å². The molecule has 1 aliphatic rings. The van der Waals surface area contributed by atoms with E-state index in [2.05, 4.69) is 5.32 Å². The normalized spacial score (nSPS) is 13.8. The predicted molar refractivity (Wildman–Crippen MR) is 121 cm³/mol. The van der Waals surface area contributed by atoms with Crippen LogP contribution in [0.3, 0.4) is 0 Å². The minimum absolute atomic E-state index is 0.140. The molecule has 0 aliphatic carbocycles. The average Bonchev–Trinajstić information content (AvgIpc) is 2.97. The van der Waals surface area contributed by atoms with Gasteiger partial charge >= 0.3 is 0 Å². The van der Waals surface area contributed by atoms with Crippen LogP contribution in [-0.2, 0) is 11.2 Å². The van der Waals surface area contributed by atoms with Crippen LogP contribution >= 0.6 is 23.2 Å². The van der Waals surface area contributed by atoms with Crippen molar-refractivity contribution >= 4 is 46.6 Å². The van der Waals surface area contributed by atoms with Gasteiger partial charge in [0.2, 0.25) is 5.91 Å². The largest absolute Gasteiger partial charge is 0.324 e. The number of amides is 3. The van der Waals surface area contributed by atoms with Crippen LogP contribution in [0.1, 0.15) is 31.8 Å². The van der Waals surface area contributed by atoms with Gasteiger partial charge in [0.15, 0.2) is 0 Å². The summed E-state index contributed by atoms with van der Waals surface area (Å²) in [4.78, 5) is 40.6. The molecule has 0 fully saturated rings. The van der Waals surface area contributed by atoms with Crippen LogP contribution in [-0.4, -0.2) is 28.7 Å². The quantitative estimate of drug-likeness (QED) is 0.544. The van der Waals surface area contributed by atoms with Crippen molar-refractivity contribution in [1.82, 2.24) is 4.90 Å². The van der Waals surface area contributed by atoms with Crippen LogP contribution in [0.25, 0.3) is 0 Å². The molecule has 0 bridgehead atoms. The number of nitrogens with zero attached hydrogens (tertiary/aromatic N) is 1. The molecule has 0 saturated carbocycles. The first-order valence-electron chi connectivity index (χ1n) is 9.63. The van der Waals surface area contributed by atoms with Gasteiger partial charge in [-0.25, -0.2) is 0 Å². The second-order valence-electron chi connectivity index (χ2n) is 7.36. The Hall–Kier alpha value is -3.15. The SMILES string of the molecule is Cc1cccc(NC(=O)[C@@H](Cc2ccccc2)N2C(=O)c3cc(Cl)c(Cl)cc3C2=O)c1. The van der Waals surface area contributed by atoms with Crippen LogP contribution in [0.15, 0.2) is 66.7 Å². The molecule has 0 aromatic heterocycles. The summed E-state index contributed by atoms with van der Waals surface area (Å²) in [6.07, 6.45) is 0.172. The number of nitrogens with one attached hydrogen (secondary N) is 1. The lowest BCUT2D eigenvalue weighted by Crippen LogP contribution is -2.48. The minimum atomic E-state index is -1.05. The third-order valence-corrected chi connectivity index (χ3v) is 5.85. The number of carbonyl (C=O) groups excluding carboxylic acids is 3. The fourth-order valence-corrected chi connectivity index (χ4v) is 3.95. The number of anilines is 1. The summed E-state index contributed by atoms with van der Waals surface area (Å²) in [5, 5.41) is 3.18.